The Morgan fingerprint density at radius 2 is 2.00 bits per heavy atom. The third kappa shape index (κ3) is 2.99. The van der Waals surface area contributed by atoms with Gasteiger partial charge >= 0.3 is 0 Å². The van der Waals surface area contributed by atoms with Crippen LogP contribution in [0.4, 0.5) is 17.2 Å². The van der Waals surface area contributed by atoms with E-state index in [2.05, 4.69) is 10.4 Å². The number of carbonyl (C=O) groups is 2. The number of nitrogens with zero attached hydrogens (tertiary/aromatic N) is 3. The lowest BCUT2D eigenvalue weighted by molar-refractivity contribution is 0.0979. The number of hydrogen-bond donors (Lipinski definition) is 2. The zero-order valence-electron chi connectivity index (χ0n) is 15.4. The van der Waals surface area contributed by atoms with E-state index >= 15 is 0 Å². The number of aromatic nitrogens is 2. The summed E-state index contributed by atoms with van der Waals surface area (Å²) in [5, 5.41) is 7.82. The molecule has 1 aliphatic rings. The number of halogens is 1. The van der Waals surface area contributed by atoms with Crippen molar-refractivity contribution in [2.45, 2.75) is 13.5 Å². The molecule has 1 aliphatic heterocycles. The van der Waals surface area contributed by atoms with Crippen molar-refractivity contribution in [1.82, 2.24) is 9.78 Å². The average Bonchev–Trinajstić information content (AvgIpc) is 2.90. The van der Waals surface area contributed by atoms with Crippen molar-refractivity contribution in [3.8, 4) is 0 Å². The molecule has 0 unspecified atom stereocenters. The number of nitrogens with two attached hydrogens (primary N) is 1. The summed E-state index contributed by atoms with van der Waals surface area (Å²) in [4.78, 5) is 26.4. The maximum absolute atomic E-state index is 13.3. The Labute approximate surface area is 166 Å². The van der Waals surface area contributed by atoms with Crippen molar-refractivity contribution in [2.75, 3.05) is 10.2 Å². The molecule has 142 valence electrons. The third-order valence-electron chi connectivity index (χ3n) is 4.77. The summed E-state index contributed by atoms with van der Waals surface area (Å²) in [7, 11) is 1.85. The molecule has 2 aromatic carbocycles. The fourth-order valence-corrected chi connectivity index (χ4v) is 3.59. The number of anilines is 3. The number of aryl methyl sites for hydroxylation is 2. The summed E-state index contributed by atoms with van der Waals surface area (Å²) in [6.45, 7) is 2.34. The first-order chi connectivity index (χ1) is 13.3. The van der Waals surface area contributed by atoms with Gasteiger partial charge in [0.1, 0.15) is 5.82 Å². The summed E-state index contributed by atoms with van der Waals surface area (Å²) >= 11 is 6.15. The van der Waals surface area contributed by atoms with Crippen LogP contribution < -0.4 is 16.0 Å². The molecule has 0 fully saturated rings. The van der Waals surface area contributed by atoms with Crippen LogP contribution >= 0.6 is 11.6 Å². The molecule has 8 heteroatoms. The Balaban J connectivity index is 1.81. The lowest BCUT2D eigenvalue weighted by atomic mass is 10.1. The van der Waals surface area contributed by atoms with Gasteiger partial charge in [0.25, 0.3) is 5.91 Å². The number of rotatable bonds is 2. The fourth-order valence-electron chi connectivity index (χ4n) is 3.31. The highest BCUT2D eigenvalue weighted by Crippen LogP contribution is 2.37. The summed E-state index contributed by atoms with van der Waals surface area (Å²) in [6.07, 6.45) is 1.74. The van der Waals surface area contributed by atoms with Gasteiger partial charge < -0.3 is 16.0 Å². The van der Waals surface area contributed by atoms with Crippen molar-refractivity contribution in [3.63, 3.8) is 0 Å². The van der Waals surface area contributed by atoms with E-state index in [4.69, 9.17) is 17.3 Å². The van der Waals surface area contributed by atoms with Crippen LogP contribution in [0, 0.1) is 6.92 Å². The molecular formula is C20H18ClN5O2. The summed E-state index contributed by atoms with van der Waals surface area (Å²) in [5.41, 5.74) is 9.38. The zero-order valence-corrected chi connectivity index (χ0v) is 16.1. The van der Waals surface area contributed by atoms with E-state index in [0.717, 1.165) is 28.3 Å². The van der Waals surface area contributed by atoms with Gasteiger partial charge in [-0.1, -0.05) is 17.7 Å². The highest BCUT2D eigenvalue weighted by Gasteiger charge is 2.27. The Kier molecular flexibility index (Phi) is 4.31. The maximum Gasteiger partial charge on any atom is 0.258 e. The van der Waals surface area contributed by atoms with E-state index < -0.39 is 5.91 Å². The van der Waals surface area contributed by atoms with E-state index in [1.165, 1.54) is 12.1 Å². The first kappa shape index (κ1) is 18.1. The Hall–Kier alpha value is -3.32. The predicted molar refractivity (Wildman–Crippen MR) is 108 cm³/mol. The summed E-state index contributed by atoms with van der Waals surface area (Å²) in [6, 6.07) is 10.4. The number of primary amides is 1. The average molecular weight is 396 g/mol. The van der Waals surface area contributed by atoms with E-state index in [9.17, 15) is 9.59 Å². The van der Waals surface area contributed by atoms with Crippen molar-refractivity contribution >= 4 is 40.6 Å². The number of carbonyl (C=O) groups excluding carboxylic acids is 2. The highest BCUT2D eigenvalue weighted by atomic mass is 35.5. The number of nitrogens with one attached hydrogen (secondary N) is 1. The standard InChI is InChI=1S/C20H18ClN5O2/c1-11-3-6-17-16(7-11)24-19-13(9-23-25(19)2)10-26(17)20(28)12-4-5-14(18(22)27)15(21)8-12/h3-9,24H,10H2,1-2H3,(H2,22,27). The Bertz CT molecular complexity index is 1120. The van der Waals surface area contributed by atoms with Crippen LogP contribution in [0.3, 0.4) is 0 Å². The highest BCUT2D eigenvalue weighted by molar-refractivity contribution is 6.34. The van der Waals surface area contributed by atoms with Crippen LogP contribution in [0.25, 0.3) is 0 Å². The van der Waals surface area contributed by atoms with Crippen LogP contribution in [0.5, 0.6) is 0 Å². The van der Waals surface area contributed by atoms with Crippen LogP contribution in [-0.4, -0.2) is 21.6 Å². The fraction of sp³-hybridized carbons (Fsp3) is 0.150. The van der Waals surface area contributed by atoms with Gasteiger partial charge in [-0.2, -0.15) is 5.10 Å². The maximum atomic E-state index is 13.3. The largest absolute Gasteiger partial charge is 0.366 e. The number of hydrogen-bond acceptors (Lipinski definition) is 4. The molecule has 2 amide bonds. The van der Waals surface area contributed by atoms with Crippen molar-refractivity contribution in [2.24, 2.45) is 12.8 Å². The van der Waals surface area contributed by atoms with Gasteiger partial charge in [-0.15, -0.1) is 0 Å². The molecule has 0 bridgehead atoms. The SMILES string of the molecule is Cc1ccc2c(c1)Nc1c(cnn1C)CN2C(=O)c1ccc(C(N)=O)c(Cl)c1. The molecule has 0 radical (unpaired) electrons. The normalized spacial score (nSPS) is 12.6. The number of benzene rings is 2. The van der Waals surface area contributed by atoms with Gasteiger partial charge in [-0.25, -0.2) is 0 Å². The van der Waals surface area contributed by atoms with Crippen molar-refractivity contribution in [1.29, 1.82) is 0 Å². The van der Waals surface area contributed by atoms with Crippen molar-refractivity contribution < 1.29 is 9.59 Å². The second kappa shape index (κ2) is 6.69. The van der Waals surface area contributed by atoms with E-state index in [1.807, 2.05) is 32.2 Å². The van der Waals surface area contributed by atoms with E-state index in [1.54, 1.807) is 21.8 Å². The number of amides is 2. The molecule has 28 heavy (non-hydrogen) atoms. The molecule has 3 aromatic rings. The van der Waals surface area contributed by atoms with E-state index in [-0.39, 0.29) is 16.5 Å². The molecule has 0 spiro atoms. The molecule has 0 atom stereocenters. The van der Waals surface area contributed by atoms with Gasteiger partial charge in [0.15, 0.2) is 0 Å². The molecule has 3 N–H and O–H groups in total. The second-order valence-electron chi connectivity index (χ2n) is 6.74. The summed E-state index contributed by atoms with van der Waals surface area (Å²) in [5.74, 6) is -0.0328. The first-order valence-electron chi connectivity index (χ1n) is 8.65. The lowest BCUT2D eigenvalue weighted by Gasteiger charge is -2.23. The van der Waals surface area contributed by atoms with E-state index in [0.29, 0.717) is 12.1 Å². The van der Waals surface area contributed by atoms with Gasteiger partial charge in [0.2, 0.25) is 5.91 Å². The molecule has 2 heterocycles. The van der Waals surface area contributed by atoms with Crippen molar-refractivity contribution in [3.05, 3.63) is 69.9 Å². The molecule has 0 saturated heterocycles. The quantitative estimate of drug-likeness (QED) is 0.695. The second-order valence-corrected chi connectivity index (χ2v) is 7.14. The van der Waals surface area contributed by atoms with Crippen LogP contribution in [0.15, 0.2) is 42.6 Å². The minimum atomic E-state index is -0.635. The monoisotopic (exact) mass is 395 g/mol. The predicted octanol–water partition coefficient (Wildman–Crippen LogP) is 3.38. The zero-order chi connectivity index (χ0) is 20.0. The molecule has 0 saturated carbocycles. The minimum Gasteiger partial charge on any atom is -0.366 e. The molecule has 1 aromatic heterocycles. The Morgan fingerprint density at radius 1 is 1.21 bits per heavy atom. The molecule has 4 rings (SSSR count). The Morgan fingerprint density at radius 3 is 2.71 bits per heavy atom. The van der Waals surface area contributed by atoms with Gasteiger partial charge in [-0.05, 0) is 42.8 Å². The molecular weight excluding hydrogens is 378 g/mol. The smallest absolute Gasteiger partial charge is 0.258 e. The third-order valence-corrected chi connectivity index (χ3v) is 5.08. The topological polar surface area (TPSA) is 93.2 Å². The molecule has 0 aliphatic carbocycles. The van der Waals surface area contributed by atoms with Crippen LogP contribution in [-0.2, 0) is 13.6 Å². The number of fused-ring (bicyclic) bond motifs is 2. The first-order valence-corrected chi connectivity index (χ1v) is 9.02. The van der Waals surface area contributed by atoms with Gasteiger partial charge in [0, 0.05) is 18.2 Å². The van der Waals surface area contributed by atoms with Gasteiger partial charge in [0.05, 0.1) is 34.7 Å². The van der Waals surface area contributed by atoms with Crippen LogP contribution in [0.2, 0.25) is 5.02 Å². The van der Waals surface area contributed by atoms with Gasteiger partial charge in [-0.3, -0.25) is 14.3 Å². The van der Waals surface area contributed by atoms with Crippen LogP contribution in [0.1, 0.15) is 31.8 Å². The summed E-state index contributed by atoms with van der Waals surface area (Å²) < 4.78 is 1.74. The lowest BCUT2D eigenvalue weighted by Crippen LogP contribution is -2.30. The molecule has 7 nitrogen and oxygen atoms in total. The minimum absolute atomic E-state index is 0.150.